The highest BCUT2D eigenvalue weighted by Gasteiger charge is 2.23. The van der Waals surface area contributed by atoms with Crippen LogP contribution in [0.5, 0.6) is 5.75 Å². The van der Waals surface area contributed by atoms with Crippen molar-refractivity contribution in [2.45, 2.75) is 37.9 Å². The Kier molecular flexibility index (Phi) is 3.94. The topological polar surface area (TPSA) is 55.1 Å². The van der Waals surface area contributed by atoms with Gasteiger partial charge in [0, 0.05) is 19.7 Å². The molecule has 0 amide bonds. The van der Waals surface area contributed by atoms with Crippen LogP contribution in [0, 0.1) is 11.3 Å². The highest BCUT2D eigenvalue weighted by atomic mass is 16.5. The van der Waals surface area contributed by atoms with Gasteiger partial charge in [0.25, 0.3) is 0 Å². The van der Waals surface area contributed by atoms with E-state index in [4.69, 9.17) is 14.7 Å². The van der Waals surface area contributed by atoms with E-state index in [2.05, 4.69) is 4.98 Å². The molecule has 1 aromatic heterocycles. The number of nitrogens with zero attached hydrogens (tertiary/aromatic N) is 2. The molecule has 17 heavy (non-hydrogen) atoms. The van der Waals surface area contributed by atoms with Crippen molar-refractivity contribution in [3.63, 3.8) is 0 Å². The van der Waals surface area contributed by atoms with Crippen LogP contribution in [0.2, 0.25) is 0 Å². The molecule has 0 aromatic carbocycles. The number of pyridine rings is 1. The lowest BCUT2D eigenvalue weighted by molar-refractivity contribution is 0.0207. The Hall–Kier alpha value is -1.60. The SMILES string of the molecule is COC1CCCC(Oc2cccnc2C#N)C1. The molecule has 1 saturated carbocycles. The third-order valence-corrected chi connectivity index (χ3v) is 3.08. The zero-order chi connectivity index (χ0) is 12.1. The van der Waals surface area contributed by atoms with Crippen molar-refractivity contribution in [2.75, 3.05) is 7.11 Å². The van der Waals surface area contributed by atoms with Crippen LogP contribution in [0.4, 0.5) is 0 Å². The molecule has 0 aliphatic heterocycles. The van der Waals surface area contributed by atoms with Crippen molar-refractivity contribution >= 4 is 0 Å². The molecular formula is C13H16N2O2. The Bertz CT molecular complexity index is 414. The van der Waals surface area contributed by atoms with Crippen LogP contribution < -0.4 is 4.74 Å². The fourth-order valence-electron chi connectivity index (χ4n) is 2.17. The number of hydrogen-bond acceptors (Lipinski definition) is 4. The van der Waals surface area contributed by atoms with Gasteiger partial charge in [-0.25, -0.2) is 4.98 Å². The number of rotatable bonds is 3. The monoisotopic (exact) mass is 232 g/mol. The standard InChI is InChI=1S/C13H16N2O2/c1-16-10-4-2-5-11(8-10)17-13-6-3-7-15-12(13)9-14/h3,6-7,10-11H,2,4-5,8H2,1H3. The van der Waals surface area contributed by atoms with E-state index in [0.717, 1.165) is 25.7 Å². The van der Waals surface area contributed by atoms with Gasteiger partial charge >= 0.3 is 0 Å². The average Bonchev–Trinajstić information content (AvgIpc) is 2.39. The predicted molar refractivity (Wildman–Crippen MR) is 62.6 cm³/mol. The van der Waals surface area contributed by atoms with E-state index in [1.54, 1.807) is 25.4 Å². The quantitative estimate of drug-likeness (QED) is 0.802. The second-order valence-electron chi connectivity index (χ2n) is 4.23. The molecule has 0 saturated heterocycles. The first-order valence-corrected chi connectivity index (χ1v) is 5.88. The molecule has 90 valence electrons. The van der Waals surface area contributed by atoms with E-state index in [-0.39, 0.29) is 12.2 Å². The molecule has 0 spiro atoms. The van der Waals surface area contributed by atoms with E-state index in [1.165, 1.54) is 0 Å². The Labute approximate surface area is 101 Å². The van der Waals surface area contributed by atoms with Crippen LogP contribution >= 0.6 is 0 Å². The average molecular weight is 232 g/mol. The molecule has 1 heterocycles. The van der Waals surface area contributed by atoms with Crippen LogP contribution in [-0.4, -0.2) is 24.3 Å². The predicted octanol–water partition coefficient (Wildman–Crippen LogP) is 2.29. The van der Waals surface area contributed by atoms with Crippen molar-refractivity contribution in [2.24, 2.45) is 0 Å². The van der Waals surface area contributed by atoms with Gasteiger partial charge in [0.2, 0.25) is 0 Å². The molecule has 0 radical (unpaired) electrons. The van der Waals surface area contributed by atoms with Gasteiger partial charge in [-0.15, -0.1) is 0 Å². The van der Waals surface area contributed by atoms with Crippen molar-refractivity contribution in [1.29, 1.82) is 5.26 Å². The van der Waals surface area contributed by atoms with Crippen LogP contribution in [0.3, 0.4) is 0 Å². The van der Waals surface area contributed by atoms with E-state index < -0.39 is 0 Å². The number of methoxy groups -OCH3 is 1. The first-order valence-electron chi connectivity index (χ1n) is 5.88. The number of nitriles is 1. The molecule has 1 aliphatic carbocycles. The van der Waals surface area contributed by atoms with Gasteiger partial charge in [0.05, 0.1) is 6.10 Å². The summed E-state index contributed by atoms with van der Waals surface area (Å²) in [5.41, 5.74) is 0.354. The molecule has 0 bridgehead atoms. The largest absolute Gasteiger partial charge is 0.487 e. The van der Waals surface area contributed by atoms with Gasteiger partial charge in [0.15, 0.2) is 11.4 Å². The first kappa shape index (κ1) is 11.9. The third kappa shape index (κ3) is 2.95. The van der Waals surface area contributed by atoms with Gasteiger partial charge in [-0.05, 0) is 31.4 Å². The lowest BCUT2D eigenvalue weighted by Crippen LogP contribution is -2.29. The van der Waals surface area contributed by atoms with E-state index in [1.807, 2.05) is 6.07 Å². The maximum atomic E-state index is 8.93. The summed E-state index contributed by atoms with van der Waals surface area (Å²) < 4.78 is 11.2. The molecule has 2 unspecified atom stereocenters. The first-order chi connectivity index (χ1) is 8.33. The highest BCUT2D eigenvalue weighted by Crippen LogP contribution is 2.26. The van der Waals surface area contributed by atoms with Gasteiger partial charge in [0.1, 0.15) is 12.2 Å². The molecular weight excluding hydrogens is 216 g/mol. The lowest BCUT2D eigenvalue weighted by Gasteiger charge is -2.28. The molecule has 1 aliphatic rings. The van der Waals surface area contributed by atoms with Crippen LogP contribution in [0.1, 0.15) is 31.4 Å². The Morgan fingerprint density at radius 1 is 1.41 bits per heavy atom. The fraction of sp³-hybridized carbons (Fsp3) is 0.538. The van der Waals surface area contributed by atoms with Gasteiger partial charge < -0.3 is 9.47 Å². The molecule has 4 nitrogen and oxygen atoms in total. The summed E-state index contributed by atoms with van der Waals surface area (Å²) in [6.45, 7) is 0. The summed E-state index contributed by atoms with van der Waals surface area (Å²) in [6, 6.07) is 5.62. The smallest absolute Gasteiger partial charge is 0.182 e. The molecule has 1 aromatic rings. The minimum absolute atomic E-state index is 0.130. The van der Waals surface area contributed by atoms with E-state index in [0.29, 0.717) is 11.4 Å². The minimum Gasteiger partial charge on any atom is -0.487 e. The number of ether oxygens (including phenoxy) is 2. The molecule has 2 atom stereocenters. The third-order valence-electron chi connectivity index (χ3n) is 3.08. The van der Waals surface area contributed by atoms with Crippen LogP contribution in [0.25, 0.3) is 0 Å². The van der Waals surface area contributed by atoms with Crippen molar-refractivity contribution in [3.05, 3.63) is 24.0 Å². The van der Waals surface area contributed by atoms with Crippen LogP contribution in [0.15, 0.2) is 18.3 Å². The molecule has 1 fully saturated rings. The summed E-state index contributed by atoms with van der Waals surface area (Å²) in [5.74, 6) is 0.580. The second-order valence-corrected chi connectivity index (χ2v) is 4.23. The Balaban J connectivity index is 2.03. The summed E-state index contributed by atoms with van der Waals surface area (Å²) in [5, 5.41) is 8.93. The van der Waals surface area contributed by atoms with Crippen molar-refractivity contribution in [3.8, 4) is 11.8 Å². The fourth-order valence-corrected chi connectivity index (χ4v) is 2.17. The van der Waals surface area contributed by atoms with Gasteiger partial charge in [-0.1, -0.05) is 0 Å². The summed E-state index contributed by atoms with van der Waals surface area (Å²) in [7, 11) is 1.73. The van der Waals surface area contributed by atoms with E-state index in [9.17, 15) is 0 Å². The maximum Gasteiger partial charge on any atom is 0.182 e. The van der Waals surface area contributed by atoms with Crippen LogP contribution in [-0.2, 0) is 4.74 Å². The maximum absolute atomic E-state index is 8.93. The summed E-state index contributed by atoms with van der Waals surface area (Å²) in [6.07, 6.45) is 6.10. The number of hydrogen-bond donors (Lipinski definition) is 0. The highest BCUT2D eigenvalue weighted by molar-refractivity contribution is 5.36. The normalized spacial score (nSPS) is 24.0. The summed E-state index contributed by atoms with van der Waals surface area (Å²) >= 11 is 0. The van der Waals surface area contributed by atoms with E-state index >= 15 is 0 Å². The van der Waals surface area contributed by atoms with Gasteiger partial charge in [-0.3, -0.25) is 0 Å². The Morgan fingerprint density at radius 2 is 2.24 bits per heavy atom. The molecule has 4 heteroatoms. The second kappa shape index (κ2) is 5.65. The zero-order valence-electron chi connectivity index (χ0n) is 9.93. The number of aromatic nitrogens is 1. The lowest BCUT2D eigenvalue weighted by atomic mass is 9.95. The minimum atomic E-state index is 0.130. The van der Waals surface area contributed by atoms with Gasteiger partial charge in [-0.2, -0.15) is 5.26 Å². The zero-order valence-corrected chi connectivity index (χ0v) is 9.93. The molecule has 0 N–H and O–H groups in total. The Morgan fingerprint density at radius 3 is 3.00 bits per heavy atom. The summed E-state index contributed by atoms with van der Waals surface area (Å²) in [4.78, 5) is 3.98. The molecule has 2 rings (SSSR count). The van der Waals surface area contributed by atoms with Crippen molar-refractivity contribution < 1.29 is 9.47 Å². The van der Waals surface area contributed by atoms with Crippen molar-refractivity contribution in [1.82, 2.24) is 4.98 Å².